The lowest BCUT2D eigenvalue weighted by molar-refractivity contribution is -0.125. The number of benzene rings is 2. The van der Waals surface area contributed by atoms with E-state index in [0.29, 0.717) is 40.4 Å². The van der Waals surface area contributed by atoms with E-state index in [4.69, 9.17) is 14.5 Å². The first kappa shape index (κ1) is 27.4. The number of carbonyl (C=O) groups is 3. The second kappa shape index (κ2) is 12.3. The maximum absolute atomic E-state index is 13.5. The zero-order valence-corrected chi connectivity index (χ0v) is 23.5. The van der Waals surface area contributed by atoms with Crippen LogP contribution >= 0.6 is 23.1 Å². The van der Waals surface area contributed by atoms with Crippen LogP contribution in [0.4, 0.5) is 11.4 Å². The van der Waals surface area contributed by atoms with Gasteiger partial charge in [-0.2, -0.15) is 0 Å². The third-order valence-corrected chi connectivity index (χ3v) is 8.06. The van der Waals surface area contributed by atoms with E-state index in [1.54, 1.807) is 36.6 Å². The Labute approximate surface area is 239 Å². The number of ether oxygens (including phenoxy) is 2. The fourth-order valence-corrected chi connectivity index (χ4v) is 5.72. The molecule has 0 saturated heterocycles. The Morgan fingerprint density at radius 2 is 1.93 bits per heavy atom. The summed E-state index contributed by atoms with van der Waals surface area (Å²) >= 11 is 2.71. The Morgan fingerprint density at radius 1 is 1.07 bits per heavy atom. The first-order chi connectivity index (χ1) is 19.5. The number of hydrogen-bond acceptors (Lipinski definition) is 9. The van der Waals surface area contributed by atoms with Crippen LogP contribution in [0.5, 0.6) is 11.5 Å². The molecule has 3 aromatic rings. The smallest absolute Gasteiger partial charge is 0.259 e. The fourth-order valence-electron chi connectivity index (χ4n) is 4.27. The summed E-state index contributed by atoms with van der Waals surface area (Å²) in [6.45, 7) is 0.459. The van der Waals surface area contributed by atoms with E-state index in [9.17, 15) is 14.4 Å². The molecule has 2 aliphatic rings. The zero-order valence-electron chi connectivity index (χ0n) is 21.9. The Hall–Kier alpha value is -4.16. The molecule has 3 heterocycles. The second-order valence-corrected chi connectivity index (χ2v) is 10.8. The first-order valence-electron chi connectivity index (χ1n) is 12.5. The molecule has 3 amide bonds. The van der Waals surface area contributed by atoms with Crippen LogP contribution in [0.1, 0.15) is 23.3 Å². The van der Waals surface area contributed by atoms with E-state index in [1.165, 1.54) is 12.0 Å². The molecule has 206 valence electrons. The van der Waals surface area contributed by atoms with Gasteiger partial charge in [-0.05, 0) is 42.1 Å². The zero-order chi connectivity index (χ0) is 28.1. The van der Waals surface area contributed by atoms with Gasteiger partial charge in [0, 0.05) is 22.9 Å². The van der Waals surface area contributed by atoms with Gasteiger partial charge in [0.2, 0.25) is 11.8 Å². The number of rotatable bonds is 10. The molecule has 0 aliphatic carbocycles. The number of hydrogen-bond donors (Lipinski definition) is 2. The maximum Gasteiger partial charge on any atom is 0.259 e. The number of para-hydroxylation sites is 1. The van der Waals surface area contributed by atoms with Gasteiger partial charge in [0.25, 0.3) is 5.91 Å². The first-order valence-corrected chi connectivity index (χ1v) is 14.4. The molecule has 40 heavy (non-hydrogen) atoms. The molecular formula is C28H27N5O5S2. The number of nitrogens with one attached hydrogen (secondary N) is 2. The largest absolute Gasteiger partial charge is 0.497 e. The van der Waals surface area contributed by atoms with Crippen LogP contribution < -0.4 is 20.1 Å². The number of aliphatic imine (C=N–C) groups is 2. The predicted octanol–water partition coefficient (Wildman–Crippen LogP) is 4.19. The van der Waals surface area contributed by atoms with E-state index in [-0.39, 0.29) is 36.3 Å². The van der Waals surface area contributed by atoms with E-state index < -0.39 is 6.04 Å². The number of thiophene rings is 1. The van der Waals surface area contributed by atoms with Crippen LogP contribution in [-0.4, -0.2) is 59.6 Å². The molecule has 1 aromatic heterocycles. The van der Waals surface area contributed by atoms with Crippen molar-refractivity contribution in [3.05, 3.63) is 70.4 Å². The van der Waals surface area contributed by atoms with Crippen molar-refractivity contribution in [3.8, 4) is 11.5 Å². The molecule has 2 N–H and O–H groups in total. The molecular weight excluding hydrogens is 550 g/mol. The predicted molar refractivity (Wildman–Crippen MR) is 157 cm³/mol. The van der Waals surface area contributed by atoms with Crippen LogP contribution in [0.2, 0.25) is 0 Å². The SMILES string of the molecule is COc1ccc(OC)c(NC(=O)CSC2=Nc3ccccc3C3=N[C@@H](CCC(=O)NCc4cccs4)C(=O)N23)c1. The van der Waals surface area contributed by atoms with Crippen molar-refractivity contribution in [2.24, 2.45) is 9.98 Å². The minimum Gasteiger partial charge on any atom is -0.497 e. The van der Waals surface area contributed by atoms with Gasteiger partial charge in [-0.25, -0.2) is 9.89 Å². The van der Waals surface area contributed by atoms with Gasteiger partial charge in [0.1, 0.15) is 23.4 Å². The molecule has 0 fully saturated rings. The van der Waals surface area contributed by atoms with Crippen LogP contribution in [0.3, 0.4) is 0 Å². The van der Waals surface area contributed by atoms with Gasteiger partial charge in [-0.3, -0.25) is 19.4 Å². The molecule has 1 atom stereocenters. The van der Waals surface area contributed by atoms with Crippen LogP contribution in [0.15, 0.2) is 70.0 Å². The maximum atomic E-state index is 13.5. The molecule has 5 rings (SSSR count). The van der Waals surface area contributed by atoms with Crippen molar-refractivity contribution in [2.75, 3.05) is 25.3 Å². The van der Waals surface area contributed by atoms with Crippen molar-refractivity contribution in [2.45, 2.75) is 25.4 Å². The molecule has 2 aliphatic heterocycles. The number of amidine groups is 2. The minimum atomic E-state index is -0.714. The molecule has 12 heteroatoms. The minimum absolute atomic E-state index is 0.00574. The van der Waals surface area contributed by atoms with Gasteiger partial charge >= 0.3 is 0 Å². The number of fused-ring (bicyclic) bond motifs is 3. The summed E-state index contributed by atoms with van der Waals surface area (Å²) in [5, 5.41) is 8.04. The lowest BCUT2D eigenvalue weighted by atomic mass is 10.1. The molecule has 10 nitrogen and oxygen atoms in total. The molecule has 0 saturated carbocycles. The Bertz CT molecular complexity index is 1490. The quantitative estimate of drug-likeness (QED) is 0.373. The summed E-state index contributed by atoms with van der Waals surface area (Å²) < 4.78 is 10.6. The summed E-state index contributed by atoms with van der Waals surface area (Å²) in [5.41, 5.74) is 1.87. The average molecular weight is 578 g/mol. The molecule has 0 radical (unpaired) electrons. The summed E-state index contributed by atoms with van der Waals surface area (Å²) in [5.74, 6) is 0.838. The van der Waals surface area contributed by atoms with Gasteiger partial charge in [0.05, 0.1) is 37.9 Å². The highest BCUT2D eigenvalue weighted by Gasteiger charge is 2.41. The summed E-state index contributed by atoms with van der Waals surface area (Å²) in [4.78, 5) is 50.6. The van der Waals surface area contributed by atoms with Gasteiger partial charge in [0.15, 0.2) is 5.17 Å². The van der Waals surface area contributed by atoms with Gasteiger partial charge in [-0.1, -0.05) is 30.0 Å². The third-order valence-electron chi connectivity index (χ3n) is 6.25. The van der Waals surface area contributed by atoms with Crippen molar-refractivity contribution in [1.82, 2.24) is 10.2 Å². The van der Waals surface area contributed by atoms with E-state index in [2.05, 4.69) is 15.6 Å². The van der Waals surface area contributed by atoms with E-state index in [1.807, 2.05) is 41.8 Å². The van der Waals surface area contributed by atoms with Gasteiger partial charge < -0.3 is 20.1 Å². The topological polar surface area (TPSA) is 122 Å². The highest BCUT2D eigenvalue weighted by molar-refractivity contribution is 8.14. The van der Waals surface area contributed by atoms with Crippen molar-refractivity contribution in [1.29, 1.82) is 0 Å². The Morgan fingerprint density at radius 3 is 2.70 bits per heavy atom. The monoisotopic (exact) mass is 577 g/mol. The van der Waals surface area contributed by atoms with Crippen molar-refractivity contribution in [3.63, 3.8) is 0 Å². The Balaban J connectivity index is 1.26. The van der Waals surface area contributed by atoms with Crippen LogP contribution in [0.25, 0.3) is 0 Å². The summed E-state index contributed by atoms with van der Waals surface area (Å²) in [6, 6.07) is 15.7. The highest BCUT2D eigenvalue weighted by atomic mass is 32.2. The number of thioether (sulfide) groups is 1. The van der Waals surface area contributed by atoms with Crippen LogP contribution in [-0.2, 0) is 20.9 Å². The summed E-state index contributed by atoms with van der Waals surface area (Å²) in [7, 11) is 3.06. The number of methoxy groups -OCH3 is 2. The second-order valence-electron chi connectivity index (χ2n) is 8.85. The molecule has 2 aromatic carbocycles. The lowest BCUT2D eigenvalue weighted by Crippen LogP contribution is -2.41. The van der Waals surface area contributed by atoms with E-state index in [0.717, 1.165) is 22.2 Å². The number of anilines is 1. The lowest BCUT2D eigenvalue weighted by Gasteiger charge is -2.25. The van der Waals surface area contributed by atoms with Gasteiger partial charge in [-0.15, -0.1) is 11.3 Å². The number of carbonyl (C=O) groups excluding carboxylic acids is 3. The molecule has 0 unspecified atom stereocenters. The average Bonchev–Trinajstić information content (AvgIpc) is 3.61. The third kappa shape index (κ3) is 6.02. The standard InChI is InChI=1S/C28H27N5O5S2/c1-37-17-9-11-23(38-2)22(14-17)30-25(35)16-40-28-32-20-8-4-3-7-19(20)26-31-21(27(36)33(26)28)10-12-24(34)29-15-18-6-5-13-39-18/h3-9,11,13-14,21H,10,12,15-16H2,1-2H3,(H,29,34)(H,30,35)/t21-/m0/s1. The van der Waals surface area contributed by atoms with Crippen molar-refractivity contribution >= 4 is 63.2 Å². The summed E-state index contributed by atoms with van der Waals surface area (Å²) in [6.07, 6.45) is 0.434. The number of amides is 3. The Kier molecular flexibility index (Phi) is 8.46. The van der Waals surface area contributed by atoms with Crippen molar-refractivity contribution < 1.29 is 23.9 Å². The number of nitrogens with zero attached hydrogens (tertiary/aromatic N) is 3. The fraction of sp³-hybridized carbons (Fsp3) is 0.250. The molecule has 0 bridgehead atoms. The molecule has 0 spiro atoms. The van der Waals surface area contributed by atoms with E-state index >= 15 is 0 Å². The highest BCUT2D eigenvalue weighted by Crippen LogP contribution is 2.35. The normalized spacial score (nSPS) is 15.5. The van der Waals surface area contributed by atoms with Crippen LogP contribution in [0, 0.1) is 0 Å².